The van der Waals surface area contributed by atoms with Crippen LogP contribution in [0.1, 0.15) is 25.7 Å². The second kappa shape index (κ2) is 5.59. The van der Waals surface area contributed by atoms with E-state index in [1.807, 2.05) is 0 Å². The minimum Gasteiger partial charge on any atom is -0.468 e. The van der Waals surface area contributed by atoms with Gasteiger partial charge in [0.25, 0.3) is 0 Å². The van der Waals surface area contributed by atoms with Crippen LogP contribution in [0.4, 0.5) is 0 Å². The van der Waals surface area contributed by atoms with Gasteiger partial charge >= 0.3 is 5.97 Å². The molecule has 1 saturated carbocycles. The maximum absolute atomic E-state index is 12.3. The normalized spacial score (nSPS) is 22.2. The molecule has 1 aliphatic heterocycles. The number of hydrogen-bond donors (Lipinski definition) is 0. The van der Waals surface area contributed by atoms with Gasteiger partial charge in [0.1, 0.15) is 12.6 Å². The van der Waals surface area contributed by atoms with Crippen LogP contribution in [0.3, 0.4) is 0 Å². The summed E-state index contributed by atoms with van der Waals surface area (Å²) in [6, 6.07) is -0.400. The first-order chi connectivity index (χ1) is 9.04. The number of hydrogen-bond acceptors (Lipinski definition) is 4. The maximum atomic E-state index is 12.3. The molecule has 0 aromatic rings. The monoisotopic (exact) mass is 268 g/mol. The average Bonchev–Trinajstić information content (AvgIpc) is 3.14. The number of amides is 2. The van der Waals surface area contributed by atoms with Gasteiger partial charge in [-0.15, -0.1) is 0 Å². The summed E-state index contributed by atoms with van der Waals surface area (Å²) in [6.45, 7) is 0.578. The van der Waals surface area contributed by atoms with E-state index in [4.69, 9.17) is 0 Å². The molecule has 0 aromatic carbocycles. The first-order valence-electron chi connectivity index (χ1n) is 6.67. The van der Waals surface area contributed by atoms with Crippen molar-refractivity contribution in [2.24, 2.45) is 5.92 Å². The molecule has 1 aliphatic carbocycles. The molecule has 6 heteroatoms. The second-order valence-corrected chi connectivity index (χ2v) is 5.23. The van der Waals surface area contributed by atoms with Gasteiger partial charge in [0, 0.05) is 19.5 Å². The molecular weight excluding hydrogens is 248 g/mol. The highest BCUT2D eigenvalue weighted by molar-refractivity contribution is 5.91. The lowest BCUT2D eigenvalue weighted by Crippen LogP contribution is -2.48. The predicted octanol–water partition coefficient (Wildman–Crippen LogP) is 0.0188. The van der Waals surface area contributed by atoms with Gasteiger partial charge in [-0.3, -0.25) is 14.4 Å². The fourth-order valence-corrected chi connectivity index (χ4v) is 2.44. The van der Waals surface area contributed by atoms with Gasteiger partial charge in [-0.05, 0) is 25.7 Å². The Morgan fingerprint density at radius 1 is 1.26 bits per heavy atom. The Bertz CT molecular complexity index is 392. The van der Waals surface area contributed by atoms with Crippen molar-refractivity contribution < 1.29 is 19.1 Å². The van der Waals surface area contributed by atoms with Gasteiger partial charge < -0.3 is 14.5 Å². The van der Waals surface area contributed by atoms with Crippen molar-refractivity contribution in [2.45, 2.75) is 31.7 Å². The van der Waals surface area contributed by atoms with Crippen molar-refractivity contribution in [1.29, 1.82) is 0 Å². The highest BCUT2D eigenvalue weighted by Gasteiger charge is 2.41. The minimum atomic E-state index is -0.450. The van der Waals surface area contributed by atoms with Crippen LogP contribution in [0, 0.1) is 5.92 Å². The summed E-state index contributed by atoms with van der Waals surface area (Å²) in [5.41, 5.74) is 0. The van der Waals surface area contributed by atoms with Gasteiger partial charge in [0.05, 0.1) is 7.11 Å². The molecule has 0 bridgehead atoms. The SMILES string of the molecule is COC(=O)CN(C)C(=O)C1CCCN1C(=O)C1CC1. The molecule has 2 rings (SSSR count). The van der Waals surface area contributed by atoms with Crippen molar-refractivity contribution in [3.8, 4) is 0 Å². The molecule has 19 heavy (non-hydrogen) atoms. The molecular formula is C13H20N2O4. The molecule has 0 aromatic heterocycles. The van der Waals surface area contributed by atoms with Crippen LogP contribution >= 0.6 is 0 Å². The van der Waals surface area contributed by atoms with E-state index in [1.54, 1.807) is 11.9 Å². The fourth-order valence-electron chi connectivity index (χ4n) is 2.44. The van der Waals surface area contributed by atoms with E-state index in [9.17, 15) is 14.4 Å². The Balaban J connectivity index is 1.96. The highest BCUT2D eigenvalue weighted by Crippen LogP contribution is 2.33. The summed E-state index contributed by atoms with van der Waals surface area (Å²) in [4.78, 5) is 38.6. The minimum absolute atomic E-state index is 0.0721. The molecule has 2 fully saturated rings. The number of esters is 1. The highest BCUT2D eigenvalue weighted by atomic mass is 16.5. The molecule has 0 N–H and O–H groups in total. The first kappa shape index (κ1) is 13.8. The lowest BCUT2D eigenvalue weighted by atomic mass is 10.2. The van der Waals surface area contributed by atoms with Crippen molar-refractivity contribution >= 4 is 17.8 Å². The van der Waals surface area contributed by atoms with E-state index in [2.05, 4.69) is 4.74 Å². The maximum Gasteiger partial charge on any atom is 0.325 e. The van der Waals surface area contributed by atoms with Crippen molar-refractivity contribution in [3.63, 3.8) is 0 Å². The zero-order valence-electron chi connectivity index (χ0n) is 11.4. The Morgan fingerprint density at radius 2 is 1.95 bits per heavy atom. The number of likely N-dealkylation sites (tertiary alicyclic amines) is 1. The third kappa shape index (κ3) is 3.05. The Hall–Kier alpha value is -1.59. The van der Waals surface area contributed by atoms with Crippen molar-refractivity contribution in [3.05, 3.63) is 0 Å². The smallest absolute Gasteiger partial charge is 0.325 e. The Labute approximate surface area is 112 Å². The predicted molar refractivity (Wildman–Crippen MR) is 67.1 cm³/mol. The van der Waals surface area contributed by atoms with Crippen molar-refractivity contribution in [2.75, 3.05) is 27.2 Å². The number of likely N-dealkylation sites (N-methyl/N-ethyl adjacent to an activating group) is 1. The number of nitrogens with zero attached hydrogens (tertiary/aromatic N) is 2. The van der Waals surface area contributed by atoms with E-state index in [1.165, 1.54) is 12.0 Å². The third-order valence-corrected chi connectivity index (χ3v) is 3.72. The topological polar surface area (TPSA) is 66.9 Å². The van der Waals surface area contributed by atoms with E-state index < -0.39 is 12.0 Å². The van der Waals surface area contributed by atoms with Crippen LogP contribution in [0.15, 0.2) is 0 Å². The van der Waals surface area contributed by atoms with Crippen molar-refractivity contribution in [1.82, 2.24) is 9.80 Å². The van der Waals surface area contributed by atoms with Crippen LogP contribution in [-0.4, -0.2) is 60.9 Å². The van der Waals surface area contributed by atoms with E-state index in [0.717, 1.165) is 19.3 Å². The molecule has 0 radical (unpaired) electrons. The largest absolute Gasteiger partial charge is 0.468 e. The van der Waals surface area contributed by atoms with Crippen LogP contribution in [0.5, 0.6) is 0 Å². The summed E-state index contributed by atoms with van der Waals surface area (Å²) in [5.74, 6) is -0.396. The number of carbonyl (C=O) groups excluding carboxylic acids is 3. The van der Waals surface area contributed by atoms with E-state index in [0.29, 0.717) is 13.0 Å². The number of methoxy groups -OCH3 is 1. The van der Waals surface area contributed by atoms with Crippen LogP contribution < -0.4 is 0 Å². The molecule has 0 spiro atoms. The fraction of sp³-hybridized carbons (Fsp3) is 0.769. The first-order valence-corrected chi connectivity index (χ1v) is 6.67. The molecule has 106 valence electrons. The number of rotatable bonds is 4. The summed E-state index contributed by atoms with van der Waals surface area (Å²) in [6.07, 6.45) is 3.41. The van der Waals surface area contributed by atoms with Gasteiger partial charge in [0.2, 0.25) is 11.8 Å². The average molecular weight is 268 g/mol. The lowest BCUT2D eigenvalue weighted by molar-refractivity contribution is -0.149. The Kier molecular flexibility index (Phi) is 4.07. The molecule has 1 atom stereocenters. The lowest BCUT2D eigenvalue weighted by Gasteiger charge is -2.27. The standard InChI is InChI=1S/C13H20N2O4/c1-14(8-11(16)19-2)13(18)10-4-3-7-15(10)12(17)9-5-6-9/h9-10H,3-8H2,1-2H3. The zero-order valence-corrected chi connectivity index (χ0v) is 11.4. The quantitative estimate of drug-likeness (QED) is 0.674. The summed E-state index contributed by atoms with van der Waals surface area (Å²) in [7, 11) is 2.86. The van der Waals surface area contributed by atoms with Gasteiger partial charge in [0.15, 0.2) is 0 Å². The molecule has 1 heterocycles. The van der Waals surface area contributed by atoms with Crippen LogP contribution in [0.2, 0.25) is 0 Å². The molecule has 1 unspecified atom stereocenters. The molecule has 1 saturated heterocycles. The molecule has 6 nitrogen and oxygen atoms in total. The summed E-state index contributed by atoms with van der Waals surface area (Å²) < 4.78 is 4.54. The van der Waals surface area contributed by atoms with Gasteiger partial charge in [-0.2, -0.15) is 0 Å². The Morgan fingerprint density at radius 3 is 2.53 bits per heavy atom. The third-order valence-electron chi connectivity index (χ3n) is 3.72. The van der Waals surface area contributed by atoms with Gasteiger partial charge in [-0.1, -0.05) is 0 Å². The number of ether oxygens (including phenoxy) is 1. The van der Waals surface area contributed by atoms with Crippen LogP contribution in [-0.2, 0) is 19.1 Å². The zero-order chi connectivity index (χ0) is 14.0. The number of carbonyl (C=O) groups is 3. The van der Waals surface area contributed by atoms with E-state index in [-0.39, 0.29) is 24.3 Å². The van der Waals surface area contributed by atoms with E-state index >= 15 is 0 Å². The molecule has 2 aliphatic rings. The summed E-state index contributed by atoms with van der Waals surface area (Å²) >= 11 is 0. The second-order valence-electron chi connectivity index (χ2n) is 5.23. The van der Waals surface area contributed by atoms with Crippen LogP contribution in [0.25, 0.3) is 0 Å². The summed E-state index contributed by atoms with van der Waals surface area (Å²) in [5, 5.41) is 0. The van der Waals surface area contributed by atoms with Gasteiger partial charge in [-0.25, -0.2) is 0 Å². The molecule has 2 amide bonds.